The first-order chi connectivity index (χ1) is 9.36. The zero-order chi connectivity index (χ0) is 13.5. The number of fused-ring (bicyclic) bond motifs is 1. The van der Waals surface area contributed by atoms with Crippen molar-refractivity contribution in [1.29, 1.82) is 0 Å². The maximum absolute atomic E-state index is 5.82. The molecule has 1 aromatic carbocycles. The van der Waals surface area contributed by atoms with E-state index < -0.39 is 0 Å². The van der Waals surface area contributed by atoms with Crippen molar-refractivity contribution in [3.05, 3.63) is 29.3 Å². The van der Waals surface area contributed by atoms with E-state index in [4.69, 9.17) is 9.47 Å². The third-order valence-corrected chi connectivity index (χ3v) is 3.52. The van der Waals surface area contributed by atoms with Crippen molar-refractivity contribution < 1.29 is 9.47 Å². The molecule has 1 unspecified atom stereocenters. The lowest BCUT2D eigenvalue weighted by atomic mass is 9.99. The highest BCUT2D eigenvalue weighted by atomic mass is 16.5. The van der Waals surface area contributed by atoms with Gasteiger partial charge in [-0.2, -0.15) is 0 Å². The zero-order valence-corrected chi connectivity index (χ0v) is 12.1. The number of rotatable bonds is 8. The minimum absolute atomic E-state index is 0.333. The van der Waals surface area contributed by atoms with Crippen LogP contribution < -0.4 is 10.1 Å². The van der Waals surface area contributed by atoms with Gasteiger partial charge < -0.3 is 14.8 Å². The Labute approximate surface area is 116 Å². The first-order valence-corrected chi connectivity index (χ1v) is 7.42. The van der Waals surface area contributed by atoms with Gasteiger partial charge in [-0.15, -0.1) is 0 Å². The van der Waals surface area contributed by atoms with Crippen LogP contribution in [-0.4, -0.2) is 26.4 Å². The molecule has 2 rings (SSSR count). The zero-order valence-electron chi connectivity index (χ0n) is 12.1. The molecule has 3 heteroatoms. The second-order valence-electron chi connectivity index (χ2n) is 4.93. The van der Waals surface area contributed by atoms with Gasteiger partial charge in [0.15, 0.2) is 0 Å². The molecule has 1 aromatic rings. The van der Waals surface area contributed by atoms with Crippen LogP contribution in [0.15, 0.2) is 18.2 Å². The Morgan fingerprint density at radius 3 is 3.05 bits per heavy atom. The number of benzene rings is 1. The van der Waals surface area contributed by atoms with Gasteiger partial charge in [0.25, 0.3) is 0 Å². The number of hydrogen-bond donors (Lipinski definition) is 1. The van der Waals surface area contributed by atoms with Gasteiger partial charge in [-0.3, -0.25) is 0 Å². The van der Waals surface area contributed by atoms with Crippen LogP contribution in [-0.2, 0) is 11.2 Å². The highest BCUT2D eigenvalue weighted by molar-refractivity contribution is 5.45. The molecule has 0 radical (unpaired) electrons. The predicted molar refractivity (Wildman–Crippen MR) is 77.8 cm³/mol. The van der Waals surface area contributed by atoms with Crippen LogP contribution >= 0.6 is 0 Å². The van der Waals surface area contributed by atoms with Gasteiger partial charge in [0, 0.05) is 31.2 Å². The summed E-state index contributed by atoms with van der Waals surface area (Å²) in [5.41, 5.74) is 2.64. The Bertz CT molecular complexity index is 392. The van der Waals surface area contributed by atoms with Crippen LogP contribution in [0, 0.1) is 0 Å². The lowest BCUT2D eigenvalue weighted by Gasteiger charge is -2.21. The van der Waals surface area contributed by atoms with Crippen molar-refractivity contribution in [2.45, 2.75) is 39.2 Å². The van der Waals surface area contributed by atoms with Gasteiger partial charge in [-0.1, -0.05) is 25.1 Å². The number of ether oxygens (including phenoxy) is 2. The van der Waals surface area contributed by atoms with E-state index in [1.807, 2.05) is 6.92 Å². The van der Waals surface area contributed by atoms with E-state index in [0.717, 1.165) is 51.4 Å². The van der Waals surface area contributed by atoms with Crippen LogP contribution in [0.5, 0.6) is 5.75 Å². The molecule has 0 aliphatic carbocycles. The number of hydrogen-bond acceptors (Lipinski definition) is 3. The van der Waals surface area contributed by atoms with Crippen LogP contribution in [0.2, 0.25) is 0 Å². The summed E-state index contributed by atoms with van der Waals surface area (Å²) in [6.45, 7) is 7.65. The summed E-state index contributed by atoms with van der Waals surface area (Å²) in [7, 11) is 0. The molecule has 1 aliphatic rings. The predicted octanol–water partition coefficient (Wildman–Crippen LogP) is 3.09. The van der Waals surface area contributed by atoms with E-state index in [2.05, 4.69) is 30.4 Å². The van der Waals surface area contributed by atoms with E-state index in [1.54, 1.807) is 0 Å². The molecule has 0 saturated carbocycles. The second kappa shape index (κ2) is 7.51. The van der Waals surface area contributed by atoms with Crippen molar-refractivity contribution in [2.24, 2.45) is 0 Å². The Morgan fingerprint density at radius 1 is 1.37 bits per heavy atom. The molecule has 0 fully saturated rings. The minimum Gasteiger partial charge on any atom is -0.493 e. The van der Waals surface area contributed by atoms with Gasteiger partial charge in [0.1, 0.15) is 5.75 Å². The Kier molecular flexibility index (Phi) is 5.67. The first-order valence-electron chi connectivity index (χ1n) is 7.42. The van der Waals surface area contributed by atoms with Gasteiger partial charge in [-0.25, -0.2) is 0 Å². The molecule has 0 spiro atoms. The van der Waals surface area contributed by atoms with Crippen LogP contribution in [0.1, 0.15) is 43.9 Å². The molecule has 1 atom stereocenters. The Balaban J connectivity index is 2.10. The van der Waals surface area contributed by atoms with E-state index in [9.17, 15) is 0 Å². The first kappa shape index (κ1) is 14.4. The third-order valence-electron chi connectivity index (χ3n) is 3.52. The van der Waals surface area contributed by atoms with Gasteiger partial charge in [0.05, 0.1) is 6.61 Å². The number of para-hydroxylation sites is 1. The average Bonchev–Trinajstić information content (AvgIpc) is 2.91. The molecule has 0 aromatic heterocycles. The summed E-state index contributed by atoms with van der Waals surface area (Å²) < 4.78 is 11.3. The van der Waals surface area contributed by atoms with Crippen molar-refractivity contribution in [2.75, 3.05) is 26.4 Å². The average molecular weight is 263 g/mol. The maximum atomic E-state index is 5.82. The van der Waals surface area contributed by atoms with Gasteiger partial charge in [0.2, 0.25) is 0 Å². The smallest absolute Gasteiger partial charge is 0.127 e. The largest absolute Gasteiger partial charge is 0.493 e. The van der Waals surface area contributed by atoms with E-state index >= 15 is 0 Å². The summed E-state index contributed by atoms with van der Waals surface area (Å²) in [6, 6.07) is 6.83. The van der Waals surface area contributed by atoms with Crippen LogP contribution in [0.25, 0.3) is 0 Å². The van der Waals surface area contributed by atoms with Gasteiger partial charge in [-0.05, 0) is 31.9 Å². The second-order valence-corrected chi connectivity index (χ2v) is 4.93. The molecule has 1 aliphatic heterocycles. The molecule has 106 valence electrons. The van der Waals surface area contributed by atoms with E-state index in [-0.39, 0.29) is 0 Å². The fourth-order valence-electron chi connectivity index (χ4n) is 2.55. The number of nitrogens with one attached hydrogen (secondary N) is 1. The Morgan fingerprint density at radius 2 is 2.26 bits per heavy atom. The summed E-state index contributed by atoms with van der Waals surface area (Å²) >= 11 is 0. The third kappa shape index (κ3) is 3.71. The molecular formula is C16H25NO2. The molecule has 0 bridgehead atoms. The SMILES string of the molecule is CCCNC(CCOCC)c1cccc2c1OCC2. The van der Waals surface area contributed by atoms with Crippen molar-refractivity contribution in [3.8, 4) is 5.75 Å². The van der Waals surface area contributed by atoms with Crippen LogP contribution in [0.4, 0.5) is 0 Å². The molecule has 19 heavy (non-hydrogen) atoms. The topological polar surface area (TPSA) is 30.5 Å². The molecule has 0 saturated heterocycles. The lowest BCUT2D eigenvalue weighted by molar-refractivity contribution is 0.136. The lowest BCUT2D eigenvalue weighted by Crippen LogP contribution is -2.24. The van der Waals surface area contributed by atoms with Crippen molar-refractivity contribution in [3.63, 3.8) is 0 Å². The molecule has 0 amide bonds. The maximum Gasteiger partial charge on any atom is 0.127 e. The molecule has 3 nitrogen and oxygen atoms in total. The Hall–Kier alpha value is -1.06. The normalized spacial score (nSPS) is 15.1. The molecule has 1 N–H and O–H groups in total. The monoisotopic (exact) mass is 263 g/mol. The standard InChI is InChI=1S/C16H25NO2/c1-3-10-17-15(9-11-18-4-2)14-7-5-6-13-8-12-19-16(13)14/h5-7,15,17H,3-4,8-12H2,1-2H3. The fourth-order valence-corrected chi connectivity index (χ4v) is 2.55. The quantitative estimate of drug-likeness (QED) is 0.731. The summed E-state index contributed by atoms with van der Waals surface area (Å²) in [5, 5.41) is 3.61. The van der Waals surface area contributed by atoms with Gasteiger partial charge >= 0.3 is 0 Å². The van der Waals surface area contributed by atoms with E-state index in [1.165, 1.54) is 11.1 Å². The van der Waals surface area contributed by atoms with E-state index in [0.29, 0.717) is 6.04 Å². The molecular weight excluding hydrogens is 238 g/mol. The molecule has 1 heterocycles. The summed E-state index contributed by atoms with van der Waals surface area (Å²) in [6.07, 6.45) is 3.17. The minimum atomic E-state index is 0.333. The highest BCUT2D eigenvalue weighted by Gasteiger charge is 2.21. The fraction of sp³-hybridized carbons (Fsp3) is 0.625. The van der Waals surface area contributed by atoms with Crippen molar-refractivity contribution in [1.82, 2.24) is 5.32 Å². The summed E-state index contributed by atoms with van der Waals surface area (Å²) in [4.78, 5) is 0. The highest BCUT2D eigenvalue weighted by Crippen LogP contribution is 2.34. The summed E-state index contributed by atoms with van der Waals surface area (Å²) in [5.74, 6) is 1.10. The van der Waals surface area contributed by atoms with Crippen LogP contribution in [0.3, 0.4) is 0 Å². The van der Waals surface area contributed by atoms with Crippen molar-refractivity contribution >= 4 is 0 Å².